The first-order valence-corrected chi connectivity index (χ1v) is 8.81. The molecule has 0 aromatic heterocycles. The Morgan fingerprint density at radius 2 is 1.67 bits per heavy atom. The van der Waals surface area contributed by atoms with E-state index in [9.17, 15) is 19.2 Å². The zero-order valence-corrected chi connectivity index (χ0v) is 17.1. The van der Waals surface area contributed by atoms with Gasteiger partial charge in [-0.05, 0) is 36.4 Å². The van der Waals surface area contributed by atoms with Crippen molar-refractivity contribution in [3.05, 3.63) is 53.1 Å². The van der Waals surface area contributed by atoms with Crippen molar-refractivity contribution in [2.75, 3.05) is 40.2 Å². The lowest BCUT2D eigenvalue weighted by atomic mass is 10.1. The van der Waals surface area contributed by atoms with Crippen molar-refractivity contribution in [1.29, 1.82) is 0 Å². The first-order valence-electron chi connectivity index (χ1n) is 8.81. The van der Waals surface area contributed by atoms with Crippen molar-refractivity contribution >= 4 is 29.8 Å². The summed E-state index contributed by atoms with van der Waals surface area (Å²) in [6, 6.07) is 9.14. The predicted octanol–water partition coefficient (Wildman–Crippen LogP) is 2.01. The Morgan fingerprint density at radius 1 is 1.00 bits per heavy atom. The second kappa shape index (κ2) is 10.1. The van der Waals surface area contributed by atoms with Crippen LogP contribution in [0.2, 0.25) is 0 Å². The van der Waals surface area contributed by atoms with Crippen LogP contribution in [-0.4, -0.2) is 63.9 Å². The summed E-state index contributed by atoms with van der Waals surface area (Å²) in [5, 5.41) is 2.56. The molecule has 0 unspecified atom stereocenters. The average molecular weight is 414 g/mol. The smallest absolute Gasteiger partial charge is 0.343 e. The molecule has 2 amide bonds. The third-order valence-electron chi connectivity index (χ3n) is 4.07. The number of nitrogens with zero attached hydrogens (tertiary/aromatic N) is 1. The van der Waals surface area contributed by atoms with Crippen molar-refractivity contribution in [2.45, 2.75) is 0 Å². The Bertz CT molecular complexity index is 953. The second-order valence-electron chi connectivity index (χ2n) is 6.28. The summed E-state index contributed by atoms with van der Waals surface area (Å²) in [5.74, 6) is -1.39. The van der Waals surface area contributed by atoms with Crippen LogP contribution in [0.25, 0.3) is 0 Å². The molecule has 0 spiro atoms. The normalized spacial score (nSPS) is 10.0. The van der Waals surface area contributed by atoms with Crippen LogP contribution in [0.4, 0.5) is 5.69 Å². The van der Waals surface area contributed by atoms with E-state index in [0.717, 1.165) is 0 Å². The molecule has 0 bridgehead atoms. The van der Waals surface area contributed by atoms with Crippen LogP contribution in [0, 0.1) is 0 Å². The fourth-order valence-corrected chi connectivity index (χ4v) is 2.61. The summed E-state index contributed by atoms with van der Waals surface area (Å²) >= 11 is 0. The van der Waals surface area contributed by atoms with Crippen molar-refractivity contribution in [2.24, 2.45) is 0 Å². The molecule has 0 atom stereocenters. The number of hydrogen-bond donors (Lipinski definition) is 1. The SMILES string of the molecule is COc1ccc(C=O)c(C(=O)OCC(=O)Nc2ccc(C(=O)N(C)C)cc2)c1OC. The number of rotatable bonds is 8. The lowest BCUT2D eigenvalue weighted by Crippen LogP contribution is -2.23. The Hall–Kier alpha value is -3.88. The summed E-state index contributed by atoms with van der Waals surface area (Å²) in [6.07, 6.45) is 0.481. The van der Waals surface area contributed by atoms with Gasteiger partial charge in [-0.2, -0.15) is 0 Å². The van der Waals surface area contributed by atoms with Crippen LogP contribution >= 0.6 is 0 Å². The molecule has 0 saturated heterocycles. The summed E-state index contributed by atoms with van der Waals surface area (Å²) in [7, 11) is 5.98. The molecule has 2 aromatic rings. The minimum Gasteiger partial charge on any atom is -0.493 e. The maximum Gasteiger partial charge on any atom is 0.343 e. The average Bonchev–Trinajstić information content (AvgIpc) is 2.76. The van der Waals surface area contributed by atoms with Crippen molar-refractivity contribution in [1.82, 2.24) is 4.90 Å². The highest BCUT2D eigenvalue weighted by Gasteiger charge is 2.23. The van der Waals surface area contributed by atoms with Gasteiger partial charge in [0.15, 0.2) is 24.4 Å². The van der Waals surface area contributed by atoms with E-state index in [0.29, 0.717) is 17.5 Å². The molecule has 0 fully saturated rings. The molecular weight excluding hydrogens is 392 g/mol. The van der Waals surface area contributed by atoms with E-state index in [2.05, 4.69) is 5.32 Å². The van der Waals surface area contributed by atoms with Crippen LogP contribution < -0.4 is 14.8 Å². The Morgan fingerprint density at radius 3 is 2.20 bits per heavy atom. The molecule has 0 aliphatic rings. The first kappa shape index (κ1) is 22.4. The standard InChI is InChI=1S/C21H22N2O7/c1-23(2)20(26)13-5-8-15(9-6-13)22-17(25)12-30-21(27)18-14(11-24)7-10-16(28-3)19(18)29-4/h5-11H,12H2,1-4H3,(H,22,25). The second-order valence-corrected chi connectivity index (χ2v) is 6.28. The van der Waals surface area contributed by atoms with Crippen LogP contribution in [0.15, 0.2) is 36.4 Å². The van der Waals surface area contributed by atoms with Gasteiger partial charge in [0.25, 0.3) is 11.8 Å². The monoisotopic (exact) mass is 414 g/mol. The third kappa shape index (κ3) is 5.13. The number of methoxy groups -OCH3 is 2. The number of hydrogen-bond acceptors (Lipinski definition) is 7. The molecule has 158 valence electrons. The van der Waals surface area contributed by atoms with Gasteiger partial charge >= 0.3 is 5.97 Å². The molecule has 0 aliphatic heterocycles. The van der Waals surface area contributed by atoms with E-state index in [4.69, 9.17) is 14.2 Å². The number of carbonyl (C=O) groups is 4. The van der Waals surface area contributed by atoms with Gasteiger partial charge in [0.05, 0.1) is 14.2 Å². The van der Waals surface area contributed by atoms with Gasteiger partial charge in [-0.15, -0.1) is 0 Å². The van der Waals surface area contributed by atoms with Crippen molar-refractivity contribution in [3.8, 4) is 11.5 Å². The Kier molecular flexibility index (Phi) is 7.51. The number of aldehydes is 1. The number of nitrogens with one attached hydrogen (secondary N) is 1. The van der Waals surface area contributed by atoms with E-state index < -0.39 is 18.5 Å². The number of esters is 1. The van der Waals surface area contributed by atoms with Crippen molar-refractivity contribution < 1.29 is 33.4 Å². The summed E-state index contributed by atoms with van der Waals surface area (Å²) in [5.41, 5.74) is 0.806. The van der Waals surface area contributed by atoms with E-state index in [1.165, 1.54) is 31.3 Å². The van der Waals surface area contributed by atoms with Crippen LogP contribution in [0.3, 0.4) is 0 Å². The fourth-order valence-electron chi connectivity index (χ4n) is 2.61. The number of anilines is 1. The maximum atomic E-state index is 12.5. The van der Waals surface area contributed by atoms with E-state index in [1.807, 2.05) is 0 Å². The molecule has 0 saturated carbocycles. The molecule has 1 N–H and O–H groups in total. The van der Waals surface area contributed by atoms with Gasteiger partial charge in [-0.1, -0.05) is 0 Å². The zero-order valence-electron chi connectivity index (χ0n) is 17.1. The molecular formula is C21H22N2O7. The number of carbonyl (C=O) groups excluding carboxylic acids is 4. The zero-order chi connectivity index (χ0) is 22.3. The highest BCUT2D eigenvalue weighted by atomic mass is 16.5. The highest BCUT2D eigenvalue weighted by molar-refractivity contribution is 6.03. The van der Waals surface area contributed by atoms with Gasteiger partial charge in [0.2, 0.25) is 0 Å². The molecule has 9 nitrogen and oxygen atoms in total. The van der Waals surface area contributed by atoms with Crippen LogP contribution in [0.5, 0.6) is 11.5 Å². The number of benzene rings is 2. The Labute approximate surface area is 173 Å². The quantitative estimate of drug-likeness (QED) is 0.520. The molecule has 9 heteroatoms. The van der Waals surface area contributed by atoms with Gasteiger partial charge < -0.3 is 24.4 Å². The molecule has 0 heterocycles. The minimum atomic E-state index is -0.907. The predicted molar refractivity (Wildman–Crippen MR) is 108 cm³/mol. The maximum absolute atomic E-state index is 12.5. The van der Waals surface area contributed by atoms with E-state index in [-0.39, 0.29) is 28.5 Å². The summed E-state index contributed by atoms with van der Waals surface area (Å²) in [6.45, 7) is -0.587. The third-order valence-corrected chi connectivity index (χ3v) is 4.07. The largest absolute Gasteiger partial charge is 0.493 e. The summed E-state index contributed by atoms with van der Waals surface area (Å²) in [4.78, 5) is 49.2. The topological polar surface area (TPSA) is 111 Å². The van der Waals surface area contributed by atoms with Gasteiger partial charge in [-0.3, -0.25) is 14.4 Å². The van der Waals surface area contributed by atoms with Gasteiger partial charge in [0, 0.05) is 30.9 Å². The first-order chi connectivity index (χ1) is 14.3. The molecule has 30 heavy (non-hydrogen) atoms. The highest BCUT2D eigenvalue weighted by Crippen LogP contribution is 2.33. The van der Waals surface area contributed by atoms with Crippen molar-refractivity contribution in [3.63, 3.8) is 0 Å². The molecule has 2 aromatic carbocycles. The lowest BCUT2D eigenvalue weighted by molar-refractivity contribution is -0.119. The van der Waals surface area contributed by atoms with Gasteiger partial charge in [0.1, 0.15) is 5.56 Å². The number of ether oxygens (including phenoxy) is 3. The van der Waals surface area contributed by atoms with Crippen LogP contribution in [-0.2, 0) is 9.53 Å². The fraction of sp³-hybridized carbons (Fsp3) is 0.238. The van der Waals surface area contributed by atoms with Crippen LogP contribution in [0.1, 0.15) is 31.1 Å². The molecule has 2 rings (SSSR count). The molecule has 0 radical (unpaired) electrons. The summed E-state index contributed by atoms with van der Waals surface area (Å²) < 4.78 is 15.3. The van der Waals surface area contributed by atoms with Gasteiger partial charge in [-0.25, -0.2) is 4.79 Å². The van der Waals surface area contributed by atoms with E-state index >= 15 is 0 Å². The number of amides is 2. The van der Waals surface area contributed by atoms with E-state index in [1.54, 1.807) is 38.4 Å². The minimum absolute atomic E-state index is 0.0358. The Balaban J connectivity index is 2.06. The molecule has 0 aliphatic carbocycles. The lowest BCUT2D eigenvalue weighted by Gasteiger charge is -2.14.